The van der Waals surface area contributed by atoms with Crippen molar-refractivity contribution in [3.05, 3.63) is 42.0 Å². The maximum absolute atomic E-state index is 12.4. The number of nitrogens with one attached hydrogen (secondary N) is 1. The molecule has 0 spiro atoms. The summed E-state index contributed by atoms with van der Waals surface area (Å²) in [6.45, 7) is 1.88. The number of carbonyl (C=O) groups excluding carboxylic acids is 1. The number of benzene rings is 2. The van der Waals surface area contributed by atoms with Gasteiger partial charge in [-0.3, -0.25) is 4.79 Å². The SMILES string of the molecule is CCCC(NC(=O)c1ccc(OC)c2ccccc12)C(=O)O. The van der Waals surface area contributed by atoms with Crippen LogP contribution in [0.15, 0.2) is 36.4 Å². The fourth-order valence-corrected chi connectivity index (χ4v) is 2.43. The standard InChI is InChI=1S/C17H19NO4/c1-3-6-14(17(20)21)18-16(19)13-9-10-15(22-2)12-8-5-4-7-11(12)13/h4-5,7-10,14H,3,6H2,1-2H3,(H,18,19)(H,20,21). The minimum atomic E-state index is -1.02. The van der Waals surface area contributed by atoms with E-state index >= 15 is 0 Å². The van der Waals surface area contributed by atoms with Crippen LogP contribution in [-0.2, 0) is 4.79 Å². The van der Waals surface area contributed by atoms with Gasteiger partial charge in [0.1, 0.15) is 11.8 Å². The van der Waals surface area contributed by atoms with Gasteiger partial charge < -0.3 is 15.2 Å². The number of fused-ring (bicyclic) bond motifs is 1. The maximum atomic E-state index is 12.4. The molecule has 0 aromatic heterocycles. The van der Waals surface area contributed by atoms with Gasteiger partial charge in [0.2, 0.25) is 0 Å². The minimum absolute atomic E-state index is 0.389. The first-order valence-electron chi connectivity index (χ1n) is 7.17. The largest absolute Gasteiger partial charge is 0.496 e. The fourth-order valence-electron chi connectivity index (χ4n) is 2.43. The van der Waals surface area contributed by atoms with Crippen molar-refractivity contribution >= 4 is 22.6 Å². The molecule has 5 heteroatoms. The first-order valence-corrected chi connectivity index (χ1v) is 7.17. The van der Waals surface area contributed by atoms with Crippen LogP contribution in [0.5, 0.6) is 5.75 Å². The van der Waals surface area contributed by atoms with Crippen molar-refractivity contribution in [1.82, 2.24) is 5.32 Å². The molecule has 22 heavy (non-hydrogen) atoms. The first-order chi connectivity index (χ1) is 10.6. The van der Waals surface area contributed by atoms with E-state index in [1.165, 1.54) is 0 Å². The fraction of sp³-hybridized carbons (Fsp3) is 0.294. The van der Waals surface area contributed by atoms with Gasteiger partial charge in [-0.05, 0) is 23.9 Å². The molecule has 2 N–H and O–H groups in total. The average molecular weight is 301 g/mol. The zero-order valence-electron chi connectivity index (χ0n) is 12.6. The lowest BCUT2D eigenvalue weighted by Crippen LogP contribution is -2.40. The Balaban J connectivity index is 2.38. The second-order valence-electron chi connectivity index (χ2n) is 5.01. The molecule has 0 radical (unpaired) electrons. The molecule has 5 nitrogen and oxygen atoms in total. The van der Waals surface area contributed by atoms with Crippen LogP contribution in [-0.4, -0.2) is 30.1 Å². The van der Waals surface area contributed by atoms with Crippen molar-refractivity contribution in [2.24, 2.45) is 0 Å². The van der Waals surface area contributed by atoms with Gasteiger partial charge in [0.15, 0.2) is 0 Å². The van der Waals surface area contributed by atoms with Gasteiger partial charge in [0.25, 0.3) is 5.91 Å². The number of rotatable bonds is 6. The van der Waals surface area contributed by atoms with Crippen LogP contribution < -0.4 is 10.1 Å². The molecule has 0 saturated heterocycles. The number of carbonyl (C=O) groups is 2. The smallest absolute Gasteiger partial charge is 0.326 e. The molecule has 0 heterocycles. The molecule has 116 valence electrons. The van der Waals surface area contributed by atoms with Crippen LogP contribution in [0.3, 0.4) is 0 Å². The van der Waals surface area contributed by atoms with E-state index in [4.69, 9.17) is 9.84 Å². The molecule has 0 fully saturated rings. The summed E-state index contributed by atoms with van der Waals surface area (Å²) >= 11 is 0. The number of carboxylic acid groups (broad SMARTS) is 1. The molecule has 1 amide bonds. The molecule has 0 aliphatic rings. The van der Waals surface area contributed by atoms with E-state index in [0.29, 0.717) is 24.2 Å². The molecule has 2 aromatic rings. The molecule has 0 bridgehead atoms. The Morgan fingerprint density at radius 1 is 1.18 bits per heavy atom. The third kappa shape index (κ3) is 3.19. The molecule has 0 saturated carbocycles. The van der Waals surface area contributed by atoms with Crippen molar-refractivity contribution in [2.45, 2.75) is 25.8 Å². The number of aliphatic carboxylic acids is 1. The summed E-state index contributed by atoms with van der Waals surface area (Å²) in [5.41, 5.74) is 0.443. The van der Waals surface area contributed by atoms with Crippen molar-refractivity contribution in [1.29, 1.82) is 0 Å². The van der Waals surface area contributed by atoms with E-state index in [1.54, 1.807) is 19.2 Å². The third-order valence-corrected chi connectivity index (χ3v) is 3.53. The molecule has 2 aromatic carbocycles. The molecule has 0 aliphatic carbocycles. The number of carboxylic acids is 1. The van der Waals surface area contributed by atoms with Crippen LogP contribution in [0.4, 0.5) is 0 Å². The van der Waals surface area contributed by atoms with Crippen molar-refractivity contribution in [3.63, 3.8) is 0 Å². The van der Waals surface area contributed by atoms with E-state index in [1.807, 2.05) is 31.2 Å². The Hall–Kier alpha value is -2.56. The number of methoxy groups -OCH3 is 1. The monoisotopic (exact) mass is 301 g/mol. The minimum Gasteiger partial charge on any atom is -0.496 e. The quantitative estimate of drug-likeness (QED) is 0.860. The third-order valence-electron chi connectivity index (χ3n) is 3.53. The van der Waals surface area contributed by atoms with Crippen molar-refractivity contribution in [3.8, 4) is 5.75 Å². The number of ether oxygens (including phenoxy) is 1. The van der Waals surface area contributed by atoms with E-state index in [2.05, 4.69) is 5.32 Å². The molecule has 0 aliphatic heterocycles. The predicted octanol–water partition coefficient (Wildman–Crippen LogP) is 2.83. The summed E-state index contributed by atoms with van der Waals surface area (Å²) in [4.78, 5) is 23.6. The Morgan fingerprint density at radius 2 is 1.86 bits per heavy atom. The summed E-state index contributed by atoms with van der Waals surface area (Å²) in [7, 11) is 1.57. The van der Waals surface area contributed by atoms with Gasteiger partial charge >= 0.3 is 5.97 Å². The summed E-state index contributed by atoms with van der Waals surface area (Å²) in [6.07, 6.45) is 1.08. The number of amides is 1. The Bertz CT molecular complexity index is 696. The summed E-state index contributed by atoms with van der Waals surface area (Å²) < 4.78 is 5.29. The van der Waals surface area contributed by atoms with Gasteiger partial charge in [-0.15, -0.1) is 0 Å². The highest BCUT2D eigenvalue weighted by molar-refractivity contribution is 6.09. The van der Waals surface area contributed by atoms with Crippen LogP contribution >= 0.6 is 0 Å². The van der Waals surface area contributed by atoms with E-state index in [0.717, 1.165) is 10.8 Å². The highest BCUT2D eigenvalue weighted by Crippen LogP contribution is 2.28. The van der Waals surface area contributed by atoms with Gasteiger partial charge in [-0.2, -0.15) is 0 Å². The van der Waals surface area contributed by atoms with E-state index in [9.17, 15) is 9.59 Å². The van der Waals surface area contributed by atoms with Gasteiger partial charge in [0.05, 0.1) is 7.11 Å². The van der Waals surface area contributed by atoms with Gasteiger partial charge in [-0.1, -0.05) is 37.6 Å². The second kappa shape index (κ2) is 6.93. The number of hydrogen-bond acceptors (Lipinski definition) is 3. The van der Waals surface area contributed by atoms with Crippen LogP contribution in [0, 0.1) is 0 Å². The molecular formula is C17H19NO4. The Morgan fingerprint density at radius 3 is 2.45 bits per heavy atom. The lowest BCUT2D eigenvalue weighted by atomic mass is 10.0. The van der Waals surface area contributed by atoms with Crippen molar-refractivity contribution in [2.75, 3.05) is 7.11 Å². The summed E-state index contributed by atoms with van der Waals surface area (Å²) in [5.74, 6) is -0.733. The zero-order valence-corrected chi connectivity index (χ0v) is 12.6. The van der Waals surface area contributed by atoms with Crippen molar-refractivity contribution < 1.29 is 19.4 Å². The van der Waals surface area contributed by atoms with Crippen LogP contribution in [0.2, 0.25) is 0 Å². The van der Waals surface area contributed by atoms with Crippen LogP contribution in [0.25, 0.3) is 10.8 Å². The lowest BCUT2D eigenvalue weighted by Gasteiger charge is -2.15. The highest BCUT2D eigenvalue weighted by Gasteiger charge is 2.21. The Kier molecular flexibility index (Phi) is 4.99. The van der Waals surface area contributed by atoms with Crippen LogP contribution in [0.1, 0.15) is 30.1 Å². The normalized spacial score (nSPS) is 11.9. The topological polar surface area (TPSA) is 75.6 Å². The molecule has 2 rings (SSSR count). The summed E-state index contributed by atoms with van der Waals surface area (Å²) in [5, 5.41) is 13.3. The lowest BCUT2D eigenvalue weighted by molar-refractivity contribution is -0.139. The molecule has 1 atom stereocenters. The Labute approximate surface area is 128 Å². The second-order valence-corrected chi connectivity index (χ2v) is 5.01. The predicted molar refractivity (Wildman–Crippen MR) is 84.3 cm³/mol. The molecular weight excluding hydrogens is 282 g/mol. The van der Waals surface area contributed by atoms with Gasteiger partial charge in [-0.25, -0.2) is 4.79 Å². The van der Waals surface area contributed by atoms with Gasteiger partial charge in [0, 0.05) is 10.9 Å². The zero-order chi connectivity index (χ0) is 16.1. The maximum Gasteiger partial charge on any atom is 0.326 e. The first kappa shape index (κ1) is 15.8. The highest BCUT2D eigenvalue weighted by atomic mass is 16.5. The average Bonchev–Trinajstić information content (AvgIpc) is 2.53. The molecule has 1 unspecified atom stereocenters. The summed E-state index contributed by atoms with van der Waals surface area (Å²) in [6, 6.07) is 9.88. The van der Waals surface area contributed by atoms with E-state index in [-0.39, 0.29) is 5.91 Å². The number of hydrogen-bond donors (Lipinski definition) is 2. The van der Waals surface area contributed by atoms with E-state index < -0.39 is 12.0 Å².